The second kappa shape index (κ2) is 8.98. The van der Waals surface area contributed by atoms with E-state index in [4.69, 9.17) is 4.74 Å². The normalized spacial score (nSPS) is 28.3. The van der Waals surface area contributed by atoms with Crippen molar-refractivity contribution in [2.45, 2.75) is 62.5 Å². The quantitative estimate of drug-likeness (QED) is 0.777. The highest BCUT2D eigenvalue weighted by atomic mass is 32.2. The number of benzene rings is 1. The molecule has 1 fully saturated rings. The second-order valence-electron chi connectivity index (χ2n) is 7.15. The van der Waals surface area contributed by atoms with Gasteiger partial charge in [0.05, 0.1) is 17.0 Å². The van der Waals surface area contributed by atoms with Gasteiger partial charge in [-0.15, -0.1) is 0 Å². The molecule has 1 aromatic carbocycles. The van der Waals surface area contributed by atoms with Crippen molar-refractivity contribution in [2.75, 3.05) is 13.2 Å². The van der Waals surface area contributed by atoms with E-state index in [0.29, 0.717) is 18.0 Å². The third-order valence-electron chi connectivity index (χ3n) is 5.18. The molecule has 0 spiro atoms. The summed E-state index contributed by atoms with van der Waals surface area (Å²) in [4.78, 5) is 0.364. The van der Waals surface area contributed by atoms with Crippen LogP contribution in [-0.2, 0) is 14.8 Å². The van der Waals surface area contributed by atoms with Gasteiger partial charge < -0.3 is 4.74 Å². The summed E-state index contributed by atoms with van der Waals surface area (Å²) in [5.74, 6) is 0. The minimum Gasteiger partial charge on any atom is -0.377 e. The highest BCUT2D eigenvalue weighted by Crippen LogP contribution is 2.30. The molecule has 142 valence electrons. The Hall–Kier alpha value is -1.43. The van der Waals surface area contributed by atoms with Crippen molar-refractivity contribution in [3.63, 3.8) is 0 Å². The van der Waals surface area contributed by atoms with Gasteiger partial charge in [0, 0.05) is 13.2 Å². The van der Waals surface area contributed by atoms with Crippen molar-refractivity contribution in [2.24, 2.45) is 0 Å². The number of nitrogens with zero attached hydrogens (tertiary/aromatic N) is 1. The Morgan fingerprint density at radius 2 is 1.73 bits per heavy atom. The largest absolute Gasteiger partial charge is 0.377 e. The van der Waals surface area contributed by atoms with E-state index in [-0.39, 0.29) is 12.1 Å². The summed E-state index contributed by atoms with van der Waals surface area (Å²) in [6.07, 6.45) is 13.9. The van der Waals surface area contributed by atoms with Crippen LogP contribution in [0.3, 0.4) is 0 Å². The Kier molecular flexibility index (Phi) is 6.68. The van der Waals surface area contributed by atoms with Gasteiger partial charge in [-0.3, -0.25) is 0 Å². The van der Waals surface area contributed by atoms with E-state index in [0.717, 1.165) is 44.1 Å². The van der Waals surface area contributed by atoms with Crippen LogP contribution in [0.15, 0.2) is 53.5 Å². The van der Waals surface area contributed by atoms with Gasteiger partial charge in [-0.05, 0) is 44.7 Å². The van der Waals surface area contributed by atoms with Crippen LogP contribution in [0, 0.1) is 6.92 Å². The zero-order valence-corrected chi connectivity index (χ0v) is 16.3. The Bertz CT molecular complexity index is 737. The summed E-state index contributed by atoms with van der Waals surface area (Å²) in [5, 5.41) is 0. The van der Waals surface area contributed by atoms with Crippen LogP contribution >= 0.6 is 0 Å². The van der Waals surface area contributed by atoms with Gasteiger partial charge in [0.2, 0.25) is 10.0 Å². The van der Waals surface area contributed by atoms with E-state index in [1.807, 2.05) is 37.3 Å². The fraction of sp³-hybridized carbons (Fsp3) is 0.524. The molecule has 1 aliphatic carbocycles. The Morgan fingerprint density at radius 1 is 1.00 bits per heavy atom. The number of hydrogen-bond acceptors (Lipinski definition) is 3. The maximum absolute atomic E-state index is 13.4. The molecule has 0 amide bonds. The number of sulfonamides is 1. The van der Waals surface area contributed by atoms with Gasteiger partial charge >= 0.3 is 0 Å². The molecule has 4 nitrogen and oxygen atoms in total. The van der Waals surface area contributed by atoms with Gasteiger partial charge in [-0.25, -0.2) is 8.42 Å². The van der Waals surface area contributed by atoms with E-state index in [9.17, 15) is 8.42 Å². The first-order valence-electron chi connectivity index (χ1n) is 9.61. The molecular weight excluding hydrogens is 346 g/mol. The Balaban J connectivity index is 1.95. The highest BCUT2D eigenvalue weighted by molar-refractivity contribution is 7.89. The molecule has 0 aromatic heterocycles. The average Bonchev–Trinajstić information content (AvgIpc) is 2.62. The molecule has 1 aliphatic heterocycles. The third kappa shape index (κ3) is 4.64. The molecule has 1 saturated carbocycles. The molecular formula is C21H29NO3S. The molecule has 5 heteroatoms. The fourth-order valence-electron chi connectivity index (χ4n) is 3.71. The van der Waals surface area contributed by atoms with E-state index in [1.54, 1.807) is 16.4 Å². The van der Waals surface area contributed by atoms with E-state index >= 15 is 0 Å². The molecule has 0 bridgehead atoms. The lowest BCUT2D eigenvalue weighted by Crippen LogP contribution is -2.49. The first kappa shape index (κ1) is 19.3. The van der Waals surface area contributed by atoms with Crippen LogP contribution < -0.4 is 0 Å². The van der Waals surface area contributed by atoms with Crippen molar-refractivity contribution in [3.8, 4) is 0 Å². The molecule has 1 aromatic rings. The lowest BCUT2D eigenvalue weighted by molar-refractivity contribution is -0.0142. The topological polar surface area (TPSA) is 46.6 Å². The minimum absolute atomic E-state index is 0.0132. The molecule has 1 heterocycles. The fourth-order valence-corrected chi connectivity index (χ4v) is 5.34. The first-order valence-corrected chi connectivity index (χ1v) is 11.0. The predicted molar refractivity (Wildman–Crippen MR) is 105 cm³/mol. The summed E-state index contributed by atoms with van der Waals surface area (Å²) in [5.41, 5.74) is 1.06. The molecule has 0 radical (unpaired) electrons. The van der Waals surface area contributed by atoms with Gasteiger partial charge in [0.25, 0.3) is 0 Å². The highest BCUT2D eigenvalue weighted by Gasteiger charge is 2.37. The number of hydrogen-bond donors (Lipinski definition) is 0. The van der Waals surface area contributed by atoms with Crippen molar-refractivity contribution in [1.29, 1.82) is 0 Å². The summed E-state index contributed by atoms with van der Waals surface area (Å²) in [7, 11) is -3.56. The molecule has 0 saturated heterocycles. The van der Waals surface area contributed by atoms with Crippen LogP contribution in [0.4, 0.5) is 0 Å². The van der Waals surface area contributed by atoms with Crippen molar-refractivity contribution < 1.29 is 13.2 Å². The Morgan fingerprint density at radius 3 is 2.54 bits per heavy atom. The SMILES string of the molecule is Cc1ccc(S(=O)(=O)N2C/C=C/C=C\CCCO[C@@H]3CCCC[C@H]32)cc1. The summed E-state index contributed by atoms with van der Waals surface area (Å²) >= 11 is 0. The smallest absolute Gasteiger partial charge is 0.243 e. The van der Waals surface area contributed by atoms with Gasteiger partial charge in [0.15, 0.2) is 0 Å². The predicted octanol–water partition coefficient (Wildman–Crippen LogP) is 4.22. The number of allylic oxidation sites excluding steroid dienone is 3. The van der Waals surface area contributed by atoms with Crippen molar-refractivity contribution >= 4 is 10.0 Å². The number of fused-ring (bicyclic) bond motifs is 1. The van der Waals surface area contributed by atoms with E-state index in [1.165, 1.54) is 0 Å². The summed E-state index contributed by atoms with van der Waals surface area (Å²) in [6.45, 7) is 3.03. The first-order chi connectivity index (χ1) is 12.6. The molecule has 26 heavy (non-hydrogen) atoms. The number of aryl methyl sites for hydroxylation is 1. The zero-order chi connectivity index (χ0) is 18.4. The minimum atomic E-state index is -3.56. The number of ether oxygens (including phenoxy) is 1. The monoisotopic (exact) mass is 375 g/mol. The average molecular weight is 376 g/mol. The number of rotatable bonds is 2. The molecule has 3 rings (SSSR count). The standard InChI is InChI=1S/C21H29NO3S/c1-18-12-14-19(15-13-18)26(23,24)22-16-8-4-2-3-5-9-17-25-21-11-7-6-10-20(21)22/h2-4,8,12-15,20-21H,5-7,9-11,16-17H2,1H3/b3-2-,8-4+/t20-,21-/m1/s1. The molecule has 2 atom stereocenters. The van der Waals surface area contributed by atoms with E-state index in [2.05, 4.69) is 6.08 Å². The lowest BCUT2D eigenvalue weighted by atomic mass is 9.92. The third-order valence-corrected chi connectivity index (χ3v) is 7.09. The van der Waals surface area contributed by atoms with Crippen molar-refractivity contribution in [3.05, 3.63) is 54.1 Å². The van der Waals surface area contributed by atoms with Gasteiger partial charge in [0.1, 0.15) is 0 Å². The second-order valence-corrected chi connectivity index (χ2v) is 9.04. The molecule has 2 aliphatic rings. The maximum atomic E-state index is 13.4. The molecule has 0 N–H and O–H groups in total. The van der Waals surface area contributed by atoms with Gasteiger partial charge in [-0.2, -0.15) is 4.31 Å². The lowest BCUT2D eigenvalue weighted by Gasteiger charge is -2.38. The van der Waals surface area contributed by atoms with Crippen molar-refractivity contribution in [1.82, 2.24) is 4.31 Å². The van der Waals surface area contributed by atoms with Gasteiger partial charge in [-0.1, -0.05) is 54.8 Å². The molecule has 0 unspecified atom stereocenters. The van der Waals surface area contributed by atoms with Crippen LogP contribution in [0.5, 0.6) is 0 Å². The maximum Gasteiger partial charge on any atom is 0.243 e. The Labute approximate surface area is 157 Å². The summed E-state index contributed by atoms with van der Waals surface area (Å²) < 4.78 is 34.6. The summed E-state index contributed by atoms with van der Waals surface area (Å²) in [6, 6.07) is 7.04. The van der Waals surface area contributed by atoms with Crippen LogP contribution in [0.1, 0.15) is 44.1 Å². The van der Waals surface area contributed by atoms with Crippen LogP contribution in [0.2, 0.25) is 0 Å². The van der Waals surface area contributed by atoms with Crippen LogP contribution in [-0.4, -0.2) is 38.0 Å². The zero-order valence-electron chi connectivity index (χ0n) is 15.5. The van der Waals surface area contributed by atoms with Crippen LogP contribution in [0.25, 0.3) is 0 Å². The van der Waals surface area contributed by atoms with E-state index < -0.39 is 10.0 Å².